The molecule has 2 aliphatic rings. The van der Waals surface area contributed by atoms with E-state index in [1.807, 2.05) is 13.0 Å². The topological polar surface area (TPSA) is 74.3 Å². The number of hydrogen-bond acceptors (Lipinski definition) is 4. The van der Waals surface area contributed by atoms with Gasteiger partial charge in [0.15, 0.2) is 5.82 Å². The second kappa shape index (κ2) is 6.41. The first kappa shape index (κ1) is 15.7. The highest BCUT2D eigenvalue weighted by atomic mass is 35.5. The van der Waals surface area contributed by atoms with Crippen LogP contribution in [0.25, 0.3) is 0 Å². The van der Waals surface area contributed by atoms with E-state index in [0.29, 0.717) is 11.5 Å². The predicted molar refractivity (Wildman–Crippen MR) is 82.8 cm³/mol. The normalized spacial score (nSPS) is 18.5. The average Bonchev–Trinajstić information content (AvgIpc) is 2.48. The molecule has 0 aromatic carbocycles. The van der Waals surface area contributed by atoms with E-state index in [1.165, 1.54) is 4.90 Å². The SMILES string of the molecule is Cc1ccnc2c1NC(=O)CN2C(=O)C1CCNCC1.Cl. The summed E-state index contributed by atoms with van der Waals surface area (Å²) in [6.07, 6.45) is 3.31. The maximum absolute atomic E-state index is 12.7. The predicted octanol–water partition coefficient (Wildman–Crippen LogP) is 1.10. The molecule has 7 heteroatoms. The van der Waals surface area contributed by atoms with Crippen LogP contribution in [0.5, 0.6) is 0 Å². The molecular formula is C14H19ClN4O2. The fourth-order valence-corrected chi connectivity index (χ4v) is 2.77. The third-order valence-electron chi connectivity index (χ3n) is 3.92. The highest BCUT2D eigenvalue weighted by molar-refractivity contribution is 6.10. The maximum atomic E-state index is 12.7. The maximum Gasteiger partial charge on any atom is 0.244 e. The Morgan fingerprint density at radius 3 is 2.81 bits per heavy atom. The number of hydrogen-bond donors (Lipinski definition) is 2. The van der Waals surface area contributed by atoms with E-state index < -0.39 is 0 Å². The molecule has 1 fully saturated rings. The summed E-state index contributed by atoms with van der Waals surface area (Å²) < 4.78 is 0. The summed E-state index contributed by atoms with van der Waals surface area (Å²) >= 11 is 0. The van der Waals surface area contributed by atoms with Crippen LogP contribution in [-0.4, -0.2) is 36.4 Å². The van der Waals surface area contributed by atoms with Gasteiger partial charge in [0.2, 0.25) is 11.8 Å². The van der Waals surface area contributed by atoms with Gasteiger partial charge in [-0.3, -0.25) is 14.5 Å². The first-order valence-corrected chi connectivity index (χ1v) is 6.94. The molecule has 21 heavy (non-hydrogen) atoms. The lowest BCUT2D eigenvalue weighted by Gasteiger charge is -2.32. The Morgan fingerprint density at radius 2 is 2.10 bits per heavy atom. The van der Waals surface area contributed by atoms with E-state index in [4.69, 9.17) is 0 Å². The molecule has 2 aliphatic heterocycles. The molecule has 114 valence electrons. The minimum absolute atomic E-state index is 0. The number of halogens is 1. The van der Waals surface area contributed by atoms with Crippen LogP contribution >= 0.6 is 12.4 Å². The number of carbonyl (C=O) groups is 2. The van der Waals surface area contributed by atoms with Crippen LogP contribution in [0, 0.1) is 12.8 Å². The Labute approximate surface area is 129 Å². The van der Waals surface area contributed by atoms with Gasteiger partial charge >= 0.3 is 0 Å². The van der Waals surface area contributed by atoms with Crippen molar-refractivity contribution in [1.82, 2.24) is 10.3 Å². The summed E-state index contributed by atoms with van der Waals surface area (Å²) in [4.78, 5) is 30.3. The minimum Gasteiger partial charge on any atom is -0.321 e. The molecule has 1 aromatic heterocycles. The number of fused-ring (bicyclic) bond motifs is 1. The molecule has 1 saturated heterocycles. The van der Waals surface area contributed by atoms with Crippen molar-refractivity contribution in [3.63, 3.8) is 0 Å². The summed E-state index contributed by atoms with van der Waals surface area (Å²) in [6, 6.07) is 1.83. The van der Waals surface area contributed by atoms with Crippen molar-refractivity contribution in [3.05, 3.63) is 17.8 Å². The average molecular weight is 311 g/mol. The molecular weight excluding hydrogens is 292 g/mol. The standard InChI is InChI=1S/C14H18N4O2.ClH/c1-9-2-7-16-13-12(9)17-11(19)8-18(13)14(20)10-3-5-15-6-4-10;/h2,7,10,15H,3-6,8H2,1H3,(H,17,19);1H. The molecule has 0 spiro atoms. The van der Waals surface area contributed by atoms with Gasteiger partial charge in [-0.15, -0.1) is 12.4 Å². The quantitative estimate of drug-likeness (QED) is 0.814. The molecule has 0 saturated carbocycles. The van der Waals surface area contributed by atoms with Crippen molar-refractivity contribution in [1.29, 1.82) is 0 Å². The van der Waals surface area contributed by atoms with Crippen LogP contribution in [-0.2, 0) is 9.59 Å². The van der Waals surface area contributed by atoms with Gasteiger partial charge in [0.1, 0.15) is 6.54 Å². The Hall–Kier alpha value is -1.66. The number of amides is 2. The number of anilines is 2. The molecule has 6 nitrogen and oxygen atoms in total. The molecule has 3 rings (SSSR count). The third kappa shape index (κ3) is 3.01. The van der Waals surface area contributed by atoms with Gasteiger partial charge < -0.3 is 10.6 Å². The summed E-state index contributed by atoms with van der Waals surface area (Å²) in [5.41, 5.74) is 1.58. The zero-order valence-corrected chi connectivity index (χ0v) is 12.7. The second-order valence-corrected chi connectivity index (χ2v) is 5.32. The van der Waals surface area contributed by atoms with E-state index in [-0.39, 0.29) is 36.7 Å². The molecule has 0 unspecified atom stereocenters. The van der Waals surface area contributed by atoms with Crippen LogP contribution in [0.2, 0.25) is 0 Å². The van der Waals surface area contributed by atoms with Crippen molar-refractivity contribution >= 4 is 35.7 Å². The van der Waals surface area contributed by atoms with Crippen molar-refractivity contribution in [2.45, 2.75) is 19.8 Å². The number of pyridine rings is 1. The highest BCUT2D eigenvalue weighted by Crippen LogP contribution is 2.31. The fourth-order valence-electron chi connectivity index (χ4n) is 2.77. The molecule has 2 amide bonds. The second-order valence-electron chi connectivity index (χ2n) is 5.32. The molecule has 0 aliphatic carbocycles. The molecule has 0 atom stereocenters. The molecule has 3 heterocycles. The summed E-state index contributed by atoms with van der Waals surface area (Å²) in [6.45, 7) is 3.67. The van der Waals surface area contributed by atoms with E-state index in [9.17, 15) is 9.59 Å². The number of piperidine rings is 1. The molecule has 0 radical (unpaired) electrons. The van der Waals surface area contributed by atoms with Crippen molar-refractivity contribution in [2.24, 2.45) is 5.92 Å². The molecule has 1 aromatic rings. The number of aryl methyl sites for hydroxylation is 1. The van der Waals surface area contributed by atoms with Gasteiger partial charge in [-0.25, -0.2) is 4.98 Å². The fraction of sp³-hybridized carbons (Fsp3) is 0.500. The number of aromatic nitrogens is 1. The lowest BCUT2D eigenvalue weighted by Crippen LogP contribution is -2.47. The van der Waals surface area contributed by atoms with Crippen molar-refractivity contribution in [3.8, 4) is 0 Å². The van der Waals surface area contributed by atoms with Crippen molar-refractivity contribution < 1.29 is 9.59 Å². The van der Waals surface area contributed by atoms with Crippen LogP contribution in [0.4, 0.5) is 11.5 Å². The minimum atomic E-state index is -0.157. The van der Waals surface area contributed by atoms with Gasteiger partial charge in [0, 0.05) is 12.1 Å². The third-order valence-corrected chi connectivity index (χ3v) is 3.92. The number of nitrogens with zero attached hydrogens (tertiary/aromatic N) is 2. The Morgan fingerprint density at radius 1 is 1.38 bits per heavy atom. The van der Waals surface area contributed by atoms with E-state index in [0.717, 1.165) is 31.5 Å². The molecule has 2 N–H and O–H groups in total. The monoisotopic (exact) mass is 310 g/mol. The lowest BCUT2D eigenvalue weighted by molar-refractivity contribution is -0.125. The van der Waals surface area contributed by atoms with Gasteiger partial charge in [-0.2, -0.15) is 0 Å². The van der Waals surface area contributed by atoms with E-state index in [1.54, 1.807) is 6.20 Å². The highest BCUT2D eigenvalue weighted by Gasteiger charge is 2.33. The van der Waals surface area contributed by atoms with Gasteiger partial charge in [-0.1, -0.05) is 0 Å². The van der Waals surface area contributed by atoms with Crippen LogP contribution in [0.3, 0.4) is 0 Å². The largest absolute Gasteiger partial charge is 0.321 e. The summed E-state index contributed by atoms with van der Waals surface area (Å²) in [7, 11) is 0. The zero-order chi connectivity index (χ0) is 14.1. The lowest BCUT2D eigenvalue weighted by atomic mass is 9.96. The van der Waals surface area contributed by atoms with Gasteiger partial charge in [0.05, 0.1) is 5.69 Å². The van der Waals surface area contributed by atoms with Gasteiger partial charge in [0.25, 0.3) is 0 Å². The number of rotatable bonds is 1. The Kier molecular flexibility index (Phi) is 4.80. The Balaban J connectivity index is 0.00000161. The summed E-state index contributed by atoms with van der Waals surface area (Å²) in [5.74, 6) is 0.419. The van der Waals surface area contributed by atoms with Crippen LogP contribution < -0.4 is 15.5 Å². The first-order valence-electron chi connectivity index (χ1n) is 6.94. The van der Waals surface area contributed by atoms with Gasteiger partial charge in [-0.05, 0) is 44.5 Å². The first-order chi connectivity index (χ1) is 9.66. The zero-order valence-electron chi connectivity index (χ0n) is 11.9. The van der Waals surface area contributed by atoms with Crippen molar-refractivity contribution in [2.75, 3.05) is 29.9 Å². The smallest absolute Gasteiger partial charge is 0.244 e. The van der Waals surface area contributed by atoms with E-state index >= 15 is 0 Å². The van der Waals surface area contributed by atoms with E-state index in [2.05, 4.69) is 15.6 Å². The molecule has 0 bridgehead atoms. The van der Waals surface area contributed by atoms with Crippen LogP contribution in [0.15, 0.2) is 12.3 Å². The van der Waals surface area contributed by atoms with Crippen LogP contribution in [0.1, 0.15) is 18.4 Å². The number of nitrogens with one attached hydrogen (secondary N) is 2. The Bertz CT molecular complexity index is 558. The number of carbonyl (C=O) groups excluding carboxylic acids is 2. The summed E-state index contributed by atoms with van der Waals surface area (Å²) in [5, 5.41) is 6.05.